The van der Waals surface area contributed by atoms with Crippen LogP contribution in [0.4, 0.5) is 0 Å². The van der Waals surface area contributed by atoms with Crippen molar-refractivity contribution in [1.82, 2.24) is 19.9 Å². The standard InChI is InChI=1S/C20H13N4OS.Pt/c25-17-9-2-1-8-16(17)20-23-13-22-19(24-20)14-6-5-7-15(12-14)26-18-10-3-4-11-21-18;/h1-11,13,25H;/q-1;. The van der Waals surface area contributed by atoms with Gasteiger partial charge in [0.25, 0.3) is 0 Å². The molecule has 0 atom stereocenters. The molecule has 0 bridgehead atoms. The van der Waals surface area contributed by atoms with Crippen molar-refractivity contribution in [2.45, 2.75) is 9.92 Å². The minimum Gasteiger partial charge on any atom is -0.507 e. The fraction of sp³-hybridized carbons (Fsp3) is 0. The van der Waals surface area contributed by atoms with Crippen LogP contribution in [0.2, 0.25) is 0 Å². The van der Waals surface area contributed by atoms with Crippen LogP contribution in [0.15, 0.2) is 83.1 Å². The molecule has 7 heteroatoms. The summed E-state index contributed by atoms with van der Waals surface area (Å²) in [5.74, 6) is 1.05. The van der Waals surface area contributed by atoms with E-state index in [1.807, 2.05) is 42.5 Å². The number of rotatable bonds is 4. The SMILES string of the molecule is Oc1ccccc1-c1ncnc(-c2[c-]c(Sc3ccccn3)ccc2)n1.[Pt]. The Morgan fingerprint density at radius 2 is 1.63 bits per heavy atom. The Labute approximate surface area is 175 Å². The van der Waals surface area contributed by atoms with Crippen molar-refractivity contribution in [2.75, 3.05) is 0 Å². The number of para-hydroxylation sites is 1. The normalized spacial score (nSPS) is 10.2. The molecule has 136 valence electrons. The molecule has 0 unspecified atom stereocenters. The summed E-state index contributed by atoms with van der Waals surface area (Å²) >= 11 is 1.52. The van der Waals surface area contributed by atoms with Crippen LogP contribution < -0.4 is 0 Å². The second kappa shape index (κ2) is 8.89. The topological polar surface area (TPSA) is 71.8 Å². The van der Waals surface area contributed by atoms with Gasteiger partial charge in [-0.2, -0.15) is 0 Å². The van der Waals surface area contributed by atoms with E-state index in [0.29, 0.717) is 17.2 Å². The Bertz CT molecular complexity index is 1050. The van der Waals surface area contributed by atoms with Crippen LogP contribution in [0.3, 0.4) is 0 Å². The number of nitrogens with zero attached hydrogens (tertiary/aromatic N) is 4. The van der Waals surface area contributed by atoms with E-state index in [-0.39, 0.29) is 26.8 Å². The molecule has 0 spiro atoms. The second-order valence-corrected chi connectivity index (χ2v) is 6.41. The molecule has 5 nitrogen and oxygen atoms in total. The third-order valence-corrected chi connectivity index (χ3v) is 4.49. The van der Waals surface area contributed by atoms with Crippen LogP contribution in [0.25, 0.3) is 22.8 Å². The molecule has 4 rings (SSSR count). The van der Waals surface area contributed by atoms with Crippen LogP contribution in [0.5, 0.6) is 5.75 Å². The molecule has 0 aliphatic rings. The maximum Gasteiger partial charge on any atom is 0.157 e. The van der Waals surface area contributed by atoms with Crippen LogP contribution in [-0.2, 0) is 21.1 Å². The Morgan fingerprint density at radius 1 is 0.815 bits per heavy atom. The molecule has 2 aromatic carbocycles. The first-order valence-corrected chi connectivity index (χ1v) is 8.70. The third kappa shape index (κ3) is 4.59. The number of aromatic nitrogens is 4. The summed E-state index contributed by atoms with van der Waals surface area (Å²) in [5.41, 5.74) is 1.32. The van der Waals surface area contributed by atoms with Crippen LogP contribution in [0, 0.1) is 6.07 Å². The molecule has 1 N–H and O–H groups in total. The van der Waals surface area contributed by atoms with Gasteiger partial charge < -0.3 is 5.11 Å². The largest absolute Gasteiger partial charge is 0.507 e. The number of hydrogen-bond acceptors (Lipinski definition) is 6. The average molecular weight is 552 g/mol. The summed E-state index contributed by atoms with van der Waals surface area (Å²) in [7, 11) is 0. The summed E-state index contributed by atoms with van der Waals surface area (Å²) in [6.45, 7) is 0. The predicted octanol–water partition coefficient (Wildman–Crippen LogP) is 4.26. The van der Waals surface area contributed by atoms with Gasteiger partial charge in [-0.15, -0.1) is 29.8 Å². The Hall–Kier alpha value is -2.56. The van der Waals surface area contributed by atoms with Crippen LogP contribution in [-0.4, -0.2) is 25.0 Å². The molecule has 0 aliphatic carbocycles. The molecule has 0 saturated heterocycles. The van der Waals surface area contributed by atoms with Gasteiger partial charge in [0, 0.05) is 27.3 Å². The zero-order valence-electron chi connectivity index (χ0n) is 13.9. The van der Waals surface area contributed by atoms with Crippen molar-refractivity contribution >= 4 is 11.8 Å². The monoisotopic (exact) mass is 552 g/mol. The van der Waals surface area contributed by atoms with E-state index in [9.17, 15) is 5.11 Å². The summed E-state index contributed by atoms with van der Waals surface area (Å²) in [5, 5.41) is 10.9. The van der Waals surface area contributed by atoms with E-state index in [1.165, 1.54) is 18.1 Å². The molecule has 0 fully saturated rings. The molecule has 2 heterocycles. The summed E-state index contributed by atoms with van der Waals surface area (Å²) in [6, 6.07) is 21.8. The molecule has 4 aromatic rings. The van der Waals surface area contributed by atoms with E-state index in [2.05, 4.69) is 26.0 Å². The van der Waals surface area contributed by atoms with Gasteiger partial charge in [0.1, 0.15) is 12.1 Å². The maximum absolute atomic E-state index is 10.0. The van der Waals surface area contributed by atoms with Gasteiger partial charge in [-0.3, -0.25) is 9.97 Å². The first-order chi connectivity index (χ1) is 12.8. The van der Waals surface area contributed by atoms with E-state index >= 15 is 0 Å². The average Bonchev–Trinajstić information content (AvgIpc) is 2.69. The molecule has 0 radical (unpaired) electrons. The third-order valence-electron chi connectivity index (χ3n) is 3.58. The molecule has 0 aliphatic heterocycles. The zero-order valence-corrected chi connectivity index (χ0v) is 17.0. The first-order valence-electron chi connectivity index (χ1n) is 7.88. The minimum atomic E-state index is 0. The predicted molar refractivity (Wildman–Crippen MR) is 99.6 cm³/mol. The molecule has 27 heavy (non-hydrogen) atoms. The molecular weight excluding hydrogens is 539 g/mol. The smallest absolute Gasteiger partial charge is 0.157 e. The summed E-state index contributed by atoms with van der Waals surface area (Å²) < 4.78 is 0. The van der Waals surface area contributed by atoms with Gasteiger partial charge in [0.05, 0.1) is 16.4 Å². The minimum absolute atomic E-state index is 0. The van der Waals surface area contributed by atoms with Crippen LogP contribution in [0.1, 0.15) is 0 Å². The number of hydrogen-bond donors (Lipinski definition) is 1. The van der Waals surface area contributed by atoms with E-state index < -0.39 is 0 Å². The van der Waals surface area contributed by atoms with Gasteiger partial charge in [0.15, 0.2) is 5.82 Å². The first kappa shape index (κ1) is 19.2. The Balaban J connectivity index is 0.00000210. The van der Waals surface area contributed by atoms with Crippen molar-refractivity contribution in [3.05, 3.63) is 79.3 Å². The van der Waals surface area contributed by atoms with E-state index in [0.717, 1.165) is 15.5 Å². The van der Waals surface area contributed by atoms with Crippen molar-refractivity contribution in [3.8, 4) is 28.5 Å². The number of phenolic OH excluding ortho intramolecular Hbond substituents is 1. The van der Waals surface area contributed by atoms with Crippen LogP contribution >= 0.6 is 11.8 Å². The summed E-state index contributed by atoms with van der Waals surface area (Å²) in [6.07, 6.45) is 3.20. The number of aromatic hydroxyl groups is 1. The van der Waals surface area contributed by atoms with Gasteiger partial charge in [0.2, 0.25) is 0 Å². The Morgan fingerprint density at radius 3 is 2.44 bits per heavy atom. The van der Waals surface area contributed by atoms with Gasteiger partial charge >= 0.3 is 0 Å². The number of phenols is 1. The van der Waals surface area contributed by atoms with Crippen molar-refractivity contribution in [3.63, 3.8) is 0 Å². The maximum atomic E-state index is 10.0. The number of benzene rings is 2. The molecule has 0 amide bonds. The van der Waals surface area contributed by atoms with E-state index in [1.54, 1.807) is 24.4 Å². The molecule has 0 saturated carbocycles. The fourth-order valence-corrected chi connectivity index (χ4v) is 3.17. The van der Waals surface area contributed by atoms with Crippen molar-refractivity contribution < 1.29 is 26.2 Å². The van der Waals surface area contributed by atoms with Gasteiger partial charge in [-0.1, -0.05) is 34.9 Å². The fourth-order valence-electron chi connectivity index (χ4n) is 2.38. The molecular formula is C20H13N4OPtS-. The van der Waals surface area contributed by atoms with Gasteiger partial charge in [-0.05, 0) is 24.3 Å². The van der Waals surface area contributed by atoms with E-state index in [4.69, 9.17) is 0 Å². The number of pyridine rings is 1. The Kier molecular flexibility index (Phi) is 6.32. The summed E-state index contributed by atoms with van der Waals surface area (Å²) in [4.78, 5) is 18.1. The molecule has 2 aromatic heterocycles. The quantitative estimate of drug-likeness (QED) is 0.382. The van der Waals surface area contributed by atoms with Crippen molar-refractivity contribution in [2.24, 2.45) is 0 Å². The zero-order chi connectivity index (χ0) is 17.8. The second-order valence-electron chi connectivity index (χ2n) is 5.35. The van der Waals surface area contributed by atoms with Gasteiger partial charge in [-0.25, -0.2) is 9.97 Å². The van der Waals surface area contributed by atoms with Crippen molar-refractivity contribution in [1.29, 1.82) is 0 Å².